The van der Waals surface area contributed by atoms with Gasteiger partial charge in [0.2, 0.25) is 0 Å². The van der Waals surface area contributed by atoms with E-state index in [0.29, 0.717) is 10.8 Å². The van der Waals surface area contributed by atoms with E-state index in [1.165, 1.54) is 6.20 Å². The molecule has 1 heterocycles. The molecule has 0 unspecified atom stereocenters. The highest BCUT2D eigenvalue weighted by Gasteiger charge is 1.96. The first kappa shape index (κ1) is 9.67. The number of anilines is 2. The number of H-pyrrole nitrogens is 1. The van der Waals surface area contributed by atoms with E-state index in [2.05, 4.69) is 20.5 Å². The largest absolute Gasteiger partial charge is 0.363 e. The average Bonchev–Trinajstić information content (AvgIpc) is 2.22. The van der Waals surface area contributed by atoms with Gasteiger partial charge in [0.1, 0.15) is 0 Å². The lowest BCUT2D eigenvalue weighted by Crippen LogP contribution is -2.13. The van der Waals surface area contributed by atoms with Gasteiger partial charge in [-0.2, -0.15) is 10.1 Å². The van der Waals surface area contributed by atoms with Crippen molar-refractivity contribution in [2.75, 3.05) is 5.32 Å². The van der Waals surface area contributed by atoms with Crippen molar-refractivity contribution in [3.05, 3.63) is 46.0 Å². The summed E-state index contributed by atoms with van der Waals surface area (Å²) in [5.74, 6) is 0.390. The molecule has 15 heavy (non-hydrogen) atoms. The van der Waals surface area contributed by atoms with Crippen LogP contribution in [0.5, 0.6) is 0 Å². The third kappa shape index (κ3) is 2.54. The molecule has 0 atom stereocenters. The molecule has 1 aromatic heterocycles. The number of aromatic amines is 1. The molecule has 1 aromatic carbocycles. The van der Waals surface area contributed by atoms with Crippen molar-refractivity contribution in [1.82, 2.24) is 15.2 Å². The average molecular weight is 223 g/mol. The summed E-state index contributed by atoms with van der Waals surface area (Å²) >= 11 is 5.73. The van der Waals surface area contributed by atoms with Crippen LogP contribution in [0.25, 0.3) is 0 Å². The Labute approximate surface area is 90.1 Å². The van der Waals surface area contributed by atoms with E-state index < -0.39 is 5.69 Å². The molecule has 76 valence electrons. The highest BCUT2D eigenvalue weighted by atomic mass is 35.5. The van der Waals surface area contributed by atoms with Gasteiger partial charge in [0, 0.05) is 10.7 Å². The summed E-state index contributed by atoms with van der Waals surface area (Å²) in [6.45, 7) is 0. The Morgan fingerprint density at radius 2 is 2.00 bits per heavy atom. The molecule has 2 N–H and O–H groups in total. The summed E-state index contributed by atoms with van der Waals surface area (Å²) in [6.07, 6.45) is 1.43. The molecule has 0 radical (unpaired) electrons. The van der Waals surface area contributed by atoms with Gasteiger partial charge in [0.05, 0.1) is 6.20 Å². The van der Waals surface area contributed by atoms with Gasteiger partial charge < -0.3 is 5.32 Å². The lowest BCUT2D eigenvalue weighted by Gasteiger charge is -2.03. The second-order valence-corrected chi connectivity index (χ2v) is 3.24. The fourth-order valence-corrected chi connectivity index (χ4v) is 1.18. The van der Waals surface area contributed by atoms with Crippen LogP contribution in [0.15, 0.2) is 35.3 Å². The SMILES string of the molecule is O=c1nc(Nc2ccc(Cl)cc2)cn[nH]1. The van der Waals surface area contributed by atoms with Crippen LogP contribution in [0.1, 0.15) is 0 Å². The maximum atomic E-state index is 10.8. The zero-order chi connectivity index (χ0) is 10.7. The Morgan fingerprint density at radius 1 is 1.27 bits per heavy atom. The molecule has 2 rings (SSSR count). The summed E-state index contributed by atoms with van der Waals surface area (Å²) in [5, 5.41) is 9.37. The molecular weight excluding hydrogens is 216 g/mol. The van der Waals surface area contributed by atoms with Crippen LogP contribution >= 0.6 is 11.6 Å². The number of nitrogens with zero attached hydrogens (tertiary/aromatic N) is 2. The van der Waals surface area contributed by atoms with Crippen LogP contribution in [-0.2, 0) is 0 Å². The fourth-order valence-electron chi connectivity index (χ4n) is 1.05. The molecule has 0 bridgehead atoms. The second-order valence-electron chi connectivity index (χ2n) is 2.80. The van der Waals surface area contributed by atoms with Crippen LogP contribution in [0, 0.1) is 0 Å². The number of benzene rings is 1. The van der Waals surface area contributed by atoms with Crippen molar-refractivity contribution < 1.29 is 0 Å². The van der Waals surface area contributed by atoms with Crippen molar-refractivity contribution in [2.24, 2.45) is 0 Å². The van der Waals surface area contributed by atoms with Gasteiger partial charge in [-0.15, -0.1) is 0 Å². The number of hydrogen-bond donors (Lipinski definition) is 2. The molecular formula is C9H7ClN4O. The number of halogens is 1. The number of hydrogen-bond acceptors (Lipinski definition) is 4. The Hall–Kier alpha value is -1.88. The van der Waals surface area contributed by atoms with E-state index in [-0.39, 0.29) is 0 Å². The van der Waals surface area contributed by atoms with Gasteiger partial charge in [0.25, 0.3) is 0 Å². The zero-order valence-electron chi connectivity index (χ0n) is 7.57. The minimum atomic E-state index is -0.492. The second kappa shape index (κ2) is 4.10. The predicted octanol–water partition coefficient (Wildman–Crippen LogP) is 1.56. The van der Waals surface area contributed by atoms with Crippen LogP contribution < -0.4 is 11.0 Å². The zero-order valence-corrected chi connectivity index (χ0v) is 8.32. The molecule has 0 saturated heterocycles. The summed E-state index contributed by atoms with van der Waals surface area (Å²) < 4.78 is 0. The fraction of sp³-hybridized carbons (Fsp3) is 0. The monoisotopic (exact) mass is 222 g/mol. The number of aromatic nitrogens is 3. The Bertz CT molecular complexity index is 508. The minimum Gasteiger partial charge on any atom is -0.339 e. The Balaban J connectivity index is 2.22. The van der Waals surface area contributed by atoms with Crippen molar-refractivity contribution in [1.29, 1.82) is 0 Å². The molecule has 0 spiro atoms. The highest BCUT2D eigenvalue weighted by molar-refractivity contribution is 6.30. The van der Waals surface area contributed by atoms with E-state index >= 15 is 0 Å². The van der Waals surface area contributed by atoms with Crippen molar-refractivity contribution >= 4 is 23.1 Å². The summed E-state index contributed by atoms with van der Waals surface area (Å²) in [7, 11) is 0. The number of nitrogens with one attached hydrogen (secondary N) is 2. The lowest BCUT2D eigenvalue weighted by atomic mass is 10.3. The first-order valence-electron chi connectivity index (χ1n) is 4.18. The van der Waals surface area contributed by atoms with Crippen LogP contribution in [0.2, 0.25) is 5.02 Å². The predicted molar refractivity (Wildman–Crippen MR) is 57.4 cm³/mol. The maximum absolute atomic E-state index is 10.8. The normalized spacial score (nSPS) is 9.93. The van der Waals surface area contributed by atoms with Gasteiger partial charge in [-0.25, -0.2) is 9.89 Å². The first-order chi connectivity index (χ1) is 7.24. The van der Waals surface area contributed by atoms with Crippen molar-refractivity contribution in [3.8, 4) is 0 Å². The van der Waals surface area contributed by atoms with Gasteiger partial charge in [0.15, 0.2) is 5.82 Å². The molecule has 0 aliphatic carbocycles. The Morgan fingerprint density at radius 3 is 2.67 bits per heavy atom. The molecule has 0 aliphatic heterocycles. The smallest absolute Gasteiger partial charge is 0.339 e. The van der Waals surface area contributed by atoms with E-state index in [9.17, 15) is 4.79 Å². The van der Waals surface area contributed by atoms with Crippen LogP contribution in [-0.4, -0.2) is 15.2 Å². The number of rotatable bonds is 2. The van der Waals surface area contributed by atoms with Gasteiger partial charge >= 0.3 is 5.69 Å². The van der Waals surface area contributed by atoms with Gasteiger partial charge in [-0.05, 0) is 24.3 Å². The summed E-state index contributed by atoms with van der Waals surface area (Å²) in [5.41, 5.74) is 0.299. The van der Waals surface area contributed by atoms with E-state index in [4.69, 9.17) is 11.6 Å². The van der Waals surface area contributed by atoms with Crippen molar-refractivity contribution in [2.45, 2.75) is 0 Å². The molecule has 0 amide bonds. The van der Waals surface area contributed by atoms with E-state index in [0.717, 1.165) is 5.69 Å². The van der Waals surface area contributed by atoms with Gasteiger partial charge in [-0.1, -0.05) is 11.6 Å². The van der Waals surface area contributed by atoms with E-state index in [1.807, 2.05) is 0 Å². The molecule has 0 saturated carbocycles. The van der Waals surface area contributed by atoms with Gasteiger partial charge in [-0.3, -0.25) is 0 Å². The van der Waals surface area contributed by atoms with Crippen molar-refractivity contribution in [3.63, 3.8) is 0 Å². The molecule has 5 nitrogen and oxygen atoms in total. The van der Waals surface area contributed by atoms with Crippen LogP contribution in [0.4, 0.5) is 11.5 Å². The lowest BCUT2D eigenvalue weighted by molar-refractivity contribution is 0.919. The third-order valence-electron chi connectivity index (χ3n) is 1.69. The molecule has 2 aromatic rings. The highest BCUT2D eigenvalue weighted by Crippen LogP contribution is 2.15. The topological polar surface area (TPSA) is 70.7 Å². The summed E-state index contributed by atoms with van der Waals surface area (Å²) in [6, 6.07) is 7.05. The van der Waals surface area contributed by atoms with Crippen LogP contribution in [0.3, 0.4) is 0 Å². The quantitative estimate of drug-likeness (QED) is 0.809. The first-order valence-corrected chi connectivity index (χ1v) is 4.56. The molecule has 6 heteroatoms. The summed E-state index contributed by atoms with van der Waals surface area (Å²) in [4.78, 5) is 14.5. The Kier molecular flexibility index (Phi) is 2.64. The minimum absolute atomic E-state index is 0.390. The standard InChI is InChI=1S/C9H7ClN4O/c10-6-1-3-7(4-2-6)12-8-5-11-14-9(15)13-8/h1-5H,(H2,12,13,14,15). The molecule has 0 fully saturated rings. The third-order valence-corrected chi connectivity index (χ3v) is 1.94. The molecule has 0 aliphatic rings. The van der Waals surface area contributed by atoms with E-state index in [1.54, 1.807) is 24.3 Å². The maximum Gasteiger partial charge on any atom is 0.363 e.